The SMILES string of the molecule is O=C(CCn1ccc(=O)[nH]c1=O)N1CCSC(c2ccccc2Cl)CC1. The Bertz CT molecular complexity index is 895. The summed E-state index contributed by atoms with van der Waals surface area (Å²) in [6.07, 6.45) is 2.49. The lowest BCUT2D eigenvalue weighted by Gasteiger charge is -2.20. The number of carbonyl (C=O) groups is 1. The van der Waals surface area contributed by atoms with Gasteiger partial charge in [0.25, 0.3) is 5.56 Å². The molecule has 1 aliphatic heterocycles. The maximum absolute atomic E-state index is 12.5. The quantitative estimate of drug-likeness (QED) is 0.864. The Morgan fingerprint density at radius 2 is 2.04 bits per heavy atom. The smallest absolute Gasteiger partial charge is 0.328 e. The minimum atomic E-state index is -0.490. The van der Waals surface area contributed by atoms with Crippen LogP contribution in [0.3, 0.4) is 0 Å². The van der Waals surface area contributed by atoms with Crippen LogP contribution >= 0.6 is 23.4 Å². The van der Waals surface area contributed by atoms with Gasteiger partial charge in [-0.3, -0.25) is 14.6 Å². The Kier molecular flexibility index (Phi) is 6.21. The van der Waals surface area contributed by atoms with E-state index in [-0.39, 0.29) is 24.1 Å². The van der Waals surface area contributed by atoms with Crippen molar-refractivity contribution in [3.8, 4) is 0 Å². The largest absolute Gasteiger partial charge is 0.342 e. The Balaban J connectivity index is 1.58. The van der Waals surface area contributed by atoms with Crippen LogP contribution in [0, 0.1) is 0 Å². The van der Waals surface area contributed by atoms with E-state index < -0.39 is 11.2 Å². The molecule has 26 heavy (non-hydrogen) atoms. The monoisotopic (exact) mass is 393 g/mol. The zero-order valence-electron chi connectivity index (χ0n) is 14.2. The Labute approximate surface area is 160 Å². The molecule has 1 unspecified atom stereocenters. The fourth-order valence-corrected chi connectivity index (χ4v) is 4.60. The number of nitrogens with one attached hydrogen (secondary N) is 1. The van der Waals surface area contributed by atoms with Gasteiger partial charge >= 0.3 is 5.69 Å². The molecule has 1 atom stereocenters. The van der Waals surface area contributed by atoms with E-state index in [1.807, 2.05) is 40.9 Å². The van der Waals surface area contributed by atoms with Gasteiger partial charge < -0.3 is 9.47 Å². The fourth-order valence-electron chi connectivity index (χ4n) is 3.00. The van der Waals surface area contributed by atoms with E-state index in [0.717, 1.165) is 22.8 Å². The summed E-state index contributed by atoms with van der Waals surface area (Å²) in [5.41, 5.74) is 0.191. The highest BCUT2D eigenvalue weighted by molar-refractivity contribution is 7.99. The number of amides is 1. The number of nitrogens with zero attached hydrogens (tertiary/aromatic N) is 2. The third-order valence-corrected chi connectivity index (χ3v) is 6.06. The molecule has 0 saturated carbocycles. The summed E-state index contributed by atoms with van der Waals surface area (Å²) in [5.74, 6) is 0.865. The average molecular weight is 394 g/mol. The highest BCUT2D eigenvalue weighted by Gasteiger charge is 2.23. The molecule has 2 aromatic rings. The van der Waals surface area contributed by atoms with Crippen molar-refractivity contribution in [1.29, 1.82) is 0 Å². The summed E-state index contributed by atoms with van der Waals surface area (Å²) >= 11 is 8.12. The second-order valence-corrected chi connectivity index (χ2v) is 7.82. The molecule has 2 heterocycles. The predicted molar refractivity (Wildman–Crippen MR) is 104 cm³/mol. The summed E-state index contributed by atoms with van der Waals surface area (Å²) in [6.45, 7) is 1.61. The Hall–Kier alpha value is -1.99. The third-order valence-electron chi connectivity index (χ3n) is 4.41. The molecule has 1 amide bonds. The van der Waals surface area contributed by atoms with Crippen LogP contribution in [0.4, 0.5) is 0 Å². The van der Waals surface area contributed by atoms with Crippen molar-refractivity contribution in [3.63, 3.8) is 0 Å². The van der Waals surface area contributed by atoms with E-state index >= 15 is 0 Å². The number of benzene rings is 1. The van der Waals surface area contributed by atoms with Crippen LogP contribution in [-0.2, 0) is 11.3 Å². The van der Waals surface area contributed by atoms with Gasteiger partial charge in [0.1, 0.15) is 0 Å². The average Bonchev–Trinajstić information content (AvgIpc) is 2.87. The minimum Gasteiger partial charge on any atom is -0.342 e. The number of H-pyrrole nitrogens is 1. The van der Waals surface area contributed by atoms with Gasteiger partial charge in [0.05, 0.1) is 0 Å². The molecule has 3 rings (SSSR count). The number of hydrogen-bond donors (Lipinski definition) is 1. The number of aryl methyl sites for hydroxylation is 1. The van der Waals surface area contributed by atoms with Crippen LogP contribution < -0.4 is 11.2 Å². The Morgan fingerprint density at radius 1 is 1.23 bits per heavy atom. The first-order valence-electron chi connectivity index (χ1n) is 8.48. The van der Waals surface area contributed by atoms with Gasteiger partial charge in [-0.05, 0) is 18.1 Å². The lowest BCUT2D eigenvalue weighted by Crippen LogP contribution is -2.35. The van der Waals surface area contributed by atoms with Gasteiger partial charge in [-0.15, -0.1) is 0 Å². The molecule has 1 aromatic heterocycles. The van der Waals surface area contributed by atoms with Crippen molar-refractivity contribution in [1.82, 2.24) is 14.5 Å². The van der Waals surface area contributed by atoms with Crippen LogP contribution in [0.15, 0.2) is 46.1 Å². The number of halogens is 1. The summed E-state index contributed by atoms with van der Waals surface area (Å²) in [6, 6.07) is 9.12. The van der Waals surface area contributed by atoms with Crippen LogP contribution in [0.2, 0.25) is 5.02 Å². The zero-order chi connectivity index (χ0) is 18.5. The lowest BCUT2D eigenvalue weighted by molar-refractivity contribution is -0.131. The summed E-state index contributed by atoms with van der Waals surface area (Å²) in [4.78, 5) is 39.3. The molecule has 1 fully saturated rings. The molecule has 0 spiro atoms. The molecule has 1 N–H and O–H groups in total. The summed E-state index contributed by atoms with van der Waals surface area (Å²) in [7, 11) is 0. The first-order valence-corrected chi connectivity index (χ1v) is 9.91. The minimum absolute atomic E-state index is 0.0171. The number of carbonyl (C=O) groups excluding carboxylic acids is 1. The molecular weight excluding hydrogens is 374 g/mol. The van der Waals surface area contributed by atoms with Crippen molar-refractivity contribution >= 4 is 29.3 Å². The molecule has 0 radical (unpaired) electrons. The normalized spacial score (nSPS) is 17.7. The number of aromatic amines is 1. The van der Waals surface area contributed by atoms with E-state index in [1.165, 1.54) is 16.8 Å². The Morgan fingerprint density at radius 3 is 2.81 bits per heavy atom. The molecule has 1 aliphatic rings. The van der Waals surface area contributed by atoms with Crippen LogP contribution in [0.1, 0.15) is 23.7 Å². The topological polar surface area (TPSA) is 75.2 Å². The van der Waals surface area contributed by atoms with E-state index in [0.29, 0.717) is 13.1 Å². The highest BCUT2D eigenvalue weighted by Crippen LogP contribution is 2.37. The third kappa shape index (κ3) is 4.59. The standard InChI is InChI=1S/C18H20ClN3O3S/c19-14-4-2-1-3-13(14)15-5-8-21(11-12-26-15)17(24)7-10-22-9-6-16(23)20-18(22)25/h1-4,6,9,15H,5,7-8,10-12H2,(H,20,23,25). The fraction of sp³-hybridized carbons (Fsp3) is 0.389. The van der Waals surface area contributed by atoms with E-state index in [2.05, 4.69) is 4.98 Å². The first kappa shape index (κ1) is 18.8. The summed E-state index contributed by atoms with van der Waals surface area (Å²) < 4.78 is 1.35. The van der Waals surface area contributed by atoms with Gasteiger partial charge in [0.2, 0.25) is 5.91 Å². The van der Waals surface area contributed by atoms with Crippen LogP contribution in [0.5, 0.6) is 0 Å². The van der Waals surface area contributed by atoms with Gasteiger partial charge in [0.15, 0.2) is 0 Å². The molecule has 1 aromatic carbocycles. The second kappa shape index (κ2) is 8.60. The lowest BCUT2D eigenvalue weighted by atomic mass is 10.1. The van der Waals surface area contributed by atoms with Crippen molar-refractivity contribution in [2.75, 3.05) is 18.8 Å². The van der Waals surface area contributed by atoms with E-state index in [1.54, 1.807) is 0 Å². The molecule has 0 aliphatic carbocycles. The molecule has 0 bridgehead atoms. The molecular formula is C18H20ClN3O3S. The molecule has 138 valence electrons. The van der Waals surface area contributed by atoms with Crippen LogP contribution in [-0.4, -0.2) is 39.2 Å². The predicted octanol–water partition coefficient (Wildman–Crippen LogP) is 2.29. The van der Waals surface area contributed by atoms with Crippen molar-refractivity contribution < 1.29 is 4.79 Å². The first-order chi connectivity index (χ1) is 12.5. The van der Waals surface area contributed by atoms with Crippen LogP contribution in [0.25, 0.3) is 0 Å². The van der Waals surface area contributed by atoms with E-state index in [4.69, 9.17) is 11.6 Å². The van der Waals surface area contributed by atoms with E-state index in [9.17, 15) is 14.4 Å². The van der Waals surface area contributed by atoms with Crippen molar-refractivity contribution in [2.24, 2.45) is 0 Å². The maximum atomic E-state index is 12.5. The van der Waals surface area contributed by atoms with Gasteiger partial charge in [-0.1, -0.05) is 29.8 Å². The number of thioether (sulfide) groups is 1. The van der Waals surface area contributed by atoms with Crippen molar-refractivity contribution in [3.05, 3.63) is 68.0 Å². The summed E-state index contributed by atoms with van der Waals surface area (Å²) in [5, 5.41) is 1.05. The van der Waals surface area contributed by atoms with Gasteiger partial charge in [-0.2, -0.15) is 11.8 Å². The molecule has 8 heteroatoms. The van der Waals surface area contributed by atoms with Gasteiger partial charge in [0, 0.05) is 54.3 Å². The molecule has 6 nitrogen and oxygen atoms in total. The van der Waals surface area contributed by atoms with Gasteiger partial charge in [-0.25, -0.2) is 4.79 Å². The number of rotatable bonds is 4. The number of aromatic nitrogens is 2. The molecule has 1 saturated heterocycles. The van der Waals surface area contributed by atoms with Crippen molar-refractivity contribution in [2.45, 2.75) is 24.6 Å². The maximum Gasteiger partial charge on any atom is 0.328 e. The second-order valence-electron chi connectivity index (χ2n) is 6.10. The number of hydrogen-bond acceptors (Lipinski definition) is 4. The zero-order valence-corrected chi connectivity index (χ0v) is 15.8. The highest BCUT2D eigenvalue weighted by atomic mass is 35.5.